The van der Waals surface area contributed by atoms with Crippen LogP contribution in [-0.2, 0) is 4.74 Å². The number of allylic oxidation sites excluding steroid dienone is 2. The number of aliphatic hydroxyl groups excluding tert-OH is 1. The van der Waals surface area contributed by atoms with E-state index >= 15 is 0 Å². The maximum absolute atomic E-state index is 11.5. The number of hydrogen-bond donors (Lipinski definition) is 2. The lowest BCUT2D eigenvalue weighted by atomic mass is 10.1. The number of ether oxygens (including phenoxy) is 1. The molecule has 0 aromatic carbocycles. The third kappa shape index (κ3) is 13.7. The summed E-state index contributed by atoms with van der Waals surface area (Å²) in [6.45, 7) is 12.6. The molecule has 0 aliphatic carbocycles. The molecule has 0 aliphatic heterocycles. The minimum absolute atomic E-state index is 0.211. The number of rotatable bonds is 7. The standard InChI is InChI=1S/C16H31NO3Si/c1-16(2,3)20-15(19)17-11-7-9-14(10-8-12-18)13-21(4,5)6/h7,11,13,18H,8-10,12H2,1-6H3,(H,17,19)/b11-7+,14-13-. The van der Waals surface area contributed by atoms with E-state index in [0.29, 0.717) is 0 Å². The predicted octanol–water partition coefficient (Wildman–Crippen LogP) is 3.99. The van der Waals surface area contributed by atoms with Gasteiger partial charge in [0.05, 0.1) is 8.07 Å². The molecule has 0 bridgehead atoms. The van der Waals surface area contributed by atoms with Gasteiger partial charge in [0, 0.05) is 12.8 Å². The molecule has 0 aromatic heterocycles. The summed E-state index contributed by atoms with van der Waals surface area (Å²) in [5.41, 5.74) is 3.20. The fourth-order valence-electron chi connectivity index (χ4n) is 1.80. The summed E-state index contributed by atoms with van der Waals surface area (Å²) in [6, 6.07) is 0. The minimum atomic E-state index is -1.27. The number of carbonyl (C=O) groups is 1. The van der Waals surface area contributed by atoms with Gasteiger partial charge < -0.3 is 9.84 Å². The van der Waals surface area contributed by atoms with Gasteiger partial charge in [-0.15, -0.1) is 0 Å². The summed E-state index contributed by atoms with van der Waals surface area (Å²) >= 11 is 0. The van der Waals surface area contributed by atoms with Crippen LogP contribution in [0.5, 0.6) is 0 Å². The van der Waals surface area contributed by atoms with Gasteiger partial charge in [0.2, 0.25) is 0 Å². The summed E-state index contributed by atoms with van der Waals surface area (Å²) in [5.74, 6) is 0. The Morgan fingerprint density at radius 3 is 2.38 bits per heavy atom. The molecule has 0 fully saturated rings. The SMILES string of the molecule is CC(C)(C)OC(=O)N/C=C/C/C(=C/[Si](C)(C)C)CCCO. The first-order valence-electron chi connectivity index (χ1n) is 7.49. The number of amides is 1. The van der Waals surface area contributed by atoms with E-state index in [-0.39, 0.29) is 6.61 Å². The van der Waals surface area contributed by atoms with Gasteiger partial charge in [-0.3, -0.25) is 5.32 Å². The molecule has 0 saturated heterocycles. The van der Waals surface area contributed by atoms with Crippen LogP contribution in [0, 0.1) is 0 Å². The van der Waals surface area contributed by atoms with Crippen molar-refractivity contribution in [3.63, 3.8) is 0 Å². The molecule has 2 N–H and O–H groups in total. The van der Waals surface area contributed by atoms with Crippen molar-refractivity contribution < 1.29 is 14.6 Å². The fraction of sp³-hybridized carbons (Fsp3) is 0.688. The van der Waals surface area contributed by atoms with Gasteiger partial charge in [0.15, 0.2) is 0 Å². The van der Waals surface area contributed by atoms with Gasteiger partial charge in [0.1, 0.15) is 5.60 Å². The number of aliphatic hydroxyl groups is 1. The van der Waals surface area contributed by atoms with Crippen molar-refractivity contribution in [1.29, 1.82) is 0 Å². The minimum Gasteiger partial charge on any atom is -0.444 e. The molecule has 1 amide bonds. The molecule has 0 saturated carbocycles. The second kappa shape index (κ2) is 9.05. The normalized spacial score (nSPS) is 13.6. The topological polar surface area (TPSA) is 58.6 Å². The van der Waals surface area contributed by atoms with Crippen LogP contribution in [0.3, 0.4) is 0 Å². The Hall–Kier alpha value is -1.07. The molecule has 4 nitrogen and oxygen atoms in total. The molecular weight excluding hydrogens is 282 g/mol. The Morgan fingerprint density at radius 1 is 1.29 bits per heavy atom. The summed E-state index contributed by atoms with van der Waals surface area (Å²) in [7, 11) is -1.27. The van der Waals surface area contributed by atoms with Crippen molar-refractivity contribution >= 4 is 14.2 Å². The van der Waals surface area contributed by atoms with Crippen molar-refractivity contribution in [2.24, 2.45) is 0 Å². The predicted molar refractivity (Wildman–Crippen MR) is 90.9 cm³/mol. The smallest absolute Gasteiger partial charge is 0.411 e. The van der Waals surface area contributed by atoms with Crippen LogP contribution in [0.2, 0.25) is 19.6 Å². The molecule has 5 heteroatoms. The number of nitrogens with one attached hydrogen (secondary N) is 1. The third-order valence-corrected chi connectivity index (χ3v) is 3.67. The quantitative estimate of drug-likeness (QED) is 0.699. The Bertz CT molecular complexity index is 376. The Labute approximate surface area is 130 Å². The average Bonchev–Trinajstić information content (AvgIpc) is 2.27. The molecule has 0 heterocycles. The van der Waals surface area contributed by atoms with Crippen molar-refractivity contribution in [2.75, 3.05) is 6.61 Å². The van der Waals surface area contributed by atoms with Crippen molar-refractivity contribution in [2.45, 2.75) is 65.3 Å². The molecule has 0 aliphatic rings. The first-order valence-corrected chi connectivity index (χ1v) is 11.1. The largest absolute Gasteiger partial charge is 0.444 e. The first-order chi connectivity index (χ1) is 9.53. The highest BCUT2D eigenvalue weighted by molar-refractivity contribution is 6.81. The van der Waals surface area contributed by atoms with Crippen LogP contribution in [0.25, 0.3) is 0 Å². The molecule has 0 radical (unpaired) electrons. The van der Waals surface area contributed by atoms with Gasteiger partial charge in [-0.1, -0.05) is 37.0 Å². The Balaban J connectivity index is 4.38. The van der Waals surface area contributed by atoms with Crippen molar-refractivity contribution in [3.8, 4) is 0 Å². The van der Waals surface area contributed by atoms with Crippen LogP contribution in [0.1, 0.15) is 40.0 Å². The Kier molecular flexibility index (Phi) is 8.59. The molecule has 0 aromatic rings. The lowest BCUT2D eigenvalue weighted by molar-refractivity contribution is 0.0552. The van der Waals surface area contributed by atoms with Crippen LogP contribution >= 0.6 is 0 Å². The highest BCUT2D eigenvalue weighted by atomic mass is 28.3. The van der Waals surface area contributed by atoms with E-state index in [1.54, 1.807) is 6.20 Å². The average molecular weight is 314 g/mol. The zero-order valence-corrected chi connectivity index (χ0v) is 15.3. The third-order valence-electron chi connectivity index (χ3n) is 2.39. The molecule has 122 valence electrons. The first kappa shape index (κ1) is 19.9. The molecule has 0 rings (SSSR count). The highest BCUT2D eigenvalue weighted by Gasteiger charge is 2.14. The number of hydrogen-bond acceptors (Lipinski definition) is 3. The fourth-order valence-corrected chi connectivity index (χ4v) is 3.28. The van der Waals surface area contributed by atoms with E-state index in [2.05, 4.69) is 30.7 Å². The van der Waals surface area contributed by atoms with E-state index in [1.165, 1.54) is 5.57 Å². The Morgan fingerprint density at radius 2 is 1.90 bits per heavy atom. The van der Waals surface area contributed by atoms with Crippen LogP contribution < -0.4 is 5.32 Å². The van der Waals surface area contributed by atoms with Crippen LogP contribution in [-0.4, -0.2) is 31.5 Å². The summed E-state index contributed by atoms with van der Waals surface area (Å²) in [5, 5.41) is 11.6. The van der Waals surface area contributed by atoms with E-state index < -0.39 is 19.8 Å². The van der Waals surface area contributed by atoms with E-state index in [0.717, 1.165) is 19.3 Å². The molecule has 0 atom stereocenters. The van der Waals surface area contributed by atoms with Crippen molar-refractivity contribution in [3.05, 3.63) is 23.5 Å². The van der Waals surface area contributed by atoms with Crippen LogP contribution in [0.15, 0.2) is 23.5 Å². The molecule has 0 spiro atoms. The molecular formula is C16H31NO3Si. The molecule has 21 heavy (non-hydrogen) atoms. The second-order valence-corrected chi connectivity index (χ2v) is 12.3. The van der Waals surface area contributed by atoms with E-state index in [1.807, 2.05) is 26.8 Å². The number of carbonyl (C=O) groups excluding carboxylic acids is 1. The maximum Gasteiger partial charge on any atom is 0.411 e. The van der Waals surface area contributed by atoms with Gasteiger partial charge in [-0.05, 0) is 40.0 Å². The summed E-state index contributed by atoms with van der Waals surface area (Å²) in [4.78, 5) is 11.5. The van der Waals surface area contributed by atoms with Crippen LogP contribution in [0.4, 0.5) is 4.79 Å². The summed E-state index contributed by atoms with van der Waals surface area (Å²) < 4.78 is 5.15. The summed E-state index contributed by atoms with van der Waals surface area (Å²) in [6.07, 6.45) is 5.59. The maximum atomic E-state index is 11.5. The highest BCUT2D eigenvalue weighted by Crippen LogP contribution is 2.15. The lowest BCUT2D eigenvalue weighted by Crippen LogP contribution is -2.29. The zero-order valence-electron chi connectivity index (χ0n) is 14.3. The zero-order chi connectivity index (χ0) is 16.5. The van der Waals surface area contributed by atoms with E-state index in [9.17, 15) is 4.79 Å². The second-order valence-electron chi connectivity index (χ2n) is 7.25. The monoisotopic (exact) mass is 313 g/mol. The molecule has 0 unspecified atom stereocenters. The van der Waals surface area contributed by atoms with E-state index in [4.69, 9.17) is 9.84 Å². The number of alkyl carbamates (subject to hydrolysis) is 1. The van der Waals surface area contributed by atoms with Gasteiger partial charge in [-0.25, -0.2) is 4.79 Å². The van der Waals surface area contributed by atoms with Gasteiger partial charge in [0.25, 0.3) is 0 Å². The van der Waals surface area contributed by atoms with Gasteiger partial charge >= 0.3 is 6.09 Å². The van der Waals surface area contributed by atoms with Gasteiger partial charge in [-0.2, -0.15) is 0 Å². The van der Waals surface area contributed by atoms with Crippen molar-refractivity contribution in [1.82, 2.24) is 5.32 Å². The lowest BCUT2D eigenvalue weighted by Gasteiger charge is -2.18.